The van der Waals surface area contributed by atoms with Gasteiger partial charge in [0.1, 0.15) is 0 Å². The fraction of sp³-hybridized carbons (Fsp3) is 0.710. The summed E-state index contributed by atoms with van der Waals surface area (Å²) < 4.78 is 10.9. The number of methoxy groups -OCH3 is 2. The predicted octanol–water partition coefficient (Wildman–Crippen LogP) is 7.04. The van der Waals surface area contributed by atoms with E-state index in [1.807, 2.05) is 6.92 Å². The first-order valence-electron chi connectivity index (χ1n) is 13.5. The molecule has 0 spiro atoms. The molecule has 192 valence electrons. The Hall–Kier alpha value is -1.97. The molecule has 1 aromatic rings. The molecule has 35 heavy (non-hydrogen) atoms. The van der Waals surface area contributed by atoms with Gasteiger partial charge in [-0.05, 0) is 110 Å². The molecule has 0 aliphatic heterocycles. The molecular formula is C31H44O4. The highest BCUT2D eigenvalue weighted by atomic mass is 16.5. The van der Waals surface area contributed by atoms with E-state index in [1.165, 1.54) is 24.0 Å². The maximum Gasteiger partial charge on any atom is 0.311 e. The summed E-state index contributed by atoms with van der Waals surface area (Å²) in [5, 5.41) is 10.7. The van der Waals surface area contributed by atoms with Crippen molar-refractivity contribution in [3.05, 3.63) is 34.4 Å². The average Bonchev–Trinajstić information content (AvgIpc) is 2.83. The monoisotopic (exact) mass is 480 g/mol. The quantitative estimate of drug-likeness (QED) is 0.364. The van der Waals surface area contributed by atoms with Gasteiger partial charge in [-0.15, -0.1) is 0 Å². The van der Waals surface area contributed by atoms with Crippen molar-refractivity contribution in [1.29, 1.82) is 0 Å². The van der Waals surface area contributed by atoms with Crippen molar-refractivity contribution in [1.82, 2.24) is 0 Å². The van der Waals surface area contributed by atoms with Crippen LogP contribution in [0.25, 0.3) is 0 Å². The van der Waals surface area contributed by atoms with Crippen LogP contribution in [0.5, 0.6) is 11.5 Å². The van der Waals surface area contributed by atoms with Gasteiger partial charge in [0.05, 0.1) is 19.6 Å². The second kappa shape index (κ2) is 7.52. The van der Waals surface area contributed by atoms with E-state index in [2.05, 4.69) is 46.8 Å². The number of carbonyl (C=O) groups is 1. The summed E-state index contributed by atoms with van der Waals surface area (Å²) in [6.45, 7) is 14.1. The number of carbonyl (C=O) groups excluding carboxylic acids is 1. The van der Waals surface area contributed by atoms with Gasteiger partial charge in [0.2, 0.25) is 0 Å². The van der Waals surface area contributed by atoms with Gasteiger partial charge in [-0.1, -0.05) is 39.3 Å². The van der Waals surface area contributed by atoms with Crippen LogP contribution in [0, 0.1) is 34.5 Å². The van der Waals surface area contributed by atoms with Crippen LogP contribution < -0.4 is 4.74 Å². The molecular weight excluding hydrogens is 436 g/mol. The maximum atomic E-state index is 12.9. The van der Waals surface area contributed by atoms with E-state index in [1.54, 1.807) is 19.8 Å². The van der Waals surface area contributed by atoms with Crippen LogP contribution in [0.1, 0.15) is 96.3 Å². The van der Waals surface area contributed by atoms with Crippen LogP contribution in [0.4, 0.5) is 0 Å². The molecule has 1 N–H and O–H groups in total. The highest BCUT2D eigenvalue weighted by Crippen LogP contribution is 2.74. The fourth-order valence-electron chi connectivity index (χ4n) is 9.27. The van der Waals surface area contributed by atoms with E-state index in [0.717, 1.165) is 44.1 Å². The van der Waals surface area contributed by atoms with Gasteiger partial charge in [0.15, 0.2) is 11.5 Å². The standard InChI is InChI=1S/C31H44O4/c1-19-20-9-10-23-29(4,21(20)17-22(34-7)25(19)32)14-16-31(6)24-18-28(3,26(33)35-8)12-11-27(24,2)13-15-30(23,31)5/h10,17,24,32H,9,11-16,18H2,1-8H3/t24-,27-,28-,29?,30?,31+/m1/s1. The first-order valence-corrected chi connectivity index (χ1v) is 13.5. The van der Waals surface area contributed by atoms with E-state index in [4.69, 9.17) is 9.47 Å². The number of phenols is 1. The zero-order valence-corrected chi connectivity index (χ0v) is 23.1. The van der Waals surface area contributed by atoms with Crippen LogP contribution in [-0.2, 0) is 21.4 Å². The molecule has 0 bridgehead atoms. The number of esters is 1. The van der Waals surface area contributed by atoms with Crippen LogP contribution in [0.3, 0.4) is 0 Å². The largest absolute Gasteiger partial charge is 0.504 e. The lowest BCUT2D eigenvalue weighted by molar-refractivity contribution is -0.179. The number of rotatable bonds is 2. The summed E-state index contributed by atoms with van der Waals surface area (Å²) >= 11 is 0. The van der Waals surface area contributed by atoms with Crippen molar-refractivity contribution in [3.63, 3.8) is 0 Å². The third-order valence-electron chi connectivity index (χ3n) is 11.9. The molecule has 0 amide bonds. The molecule has 3 saturated carbocycles. The van der Waals surface area contributed by atoms with E-state index < -0.39 is 5.41 Å². The summed E-state index contributed by atoms with van der Waals surface area (Å²) in [4.78, 5) is 12.9. The zero-order chi connectivity index (χ0) is 25.6. The molecule has 0 radical (unpaired) electrons. The molecule has 5 rings (SSSR count). The second-order valence-corrected chi connectivity index (χ2v) is 13.4. The van der Waals surface area contributed by atoms with Crippen molar-refractivity contribution in [2.75, 3.05) is 14.2 Å². The molecule has 0 saturated heterocycles. The first kappa shape index (κ1) is 24.7. The minimum Gasteiger partial charge on any atom is -0.504 e. The fourth-order valence-corrected chi connectivity index (χ4v) is 9.27. The number of allylic oxidation sites excluding steroid dienone is 2. The van der Waals surface area contributed by atoms with Crippen LogP contribution in [0.2, 0.25) is 0 Å². The van der Waals surface area contributed by atoms with Crippen molar-refractivity contribution in [2.45, 2.75) is 98.3 Å². The third-order valence-corrected chi connectivity index (χ3v) is 11.9. The normalized spacial score (nSPS) is 42.1. The van der Waals surface area contributed by atoms with Crippen molar-refractivity contribution in [3.8, 4) is 11.5 Å². The van der Waals surface area contributed by atoms with Gasteiger partial charge in [-0.2, -0.15) is 0 Å². The molecule has 0 aromatic heterocycles. The number of hydrogen-bond donors (Lipinski definition) is 1. The lowest BCUT2D eigenvalue weighted by atomic mass is 9.34. The number of hydrogen-bond acceptors (Lipinski definition) is 4. The number of ether oxygens (including phenoxy) is 2. The highest BCUT2D eigenvalue weighted by molar-refractivity contribution is 5.76. The SMILES string of the molecule is COC(=O)[C@]1(C)CC[C@]2(C)CCC3(C)C4=CCc5c(cc(OC)c(O)c5C)C4(C)CC[C@@]3(C)[C@@H]2C1. The number of fused-ring (bicyclic) bond motifs is 7. The Morgan fingerprint density at radius 1 is 1.00 bits per heavy atom. The number of aromatic hydroxyl groups is 1. The van der Waals surface area contributed by atoms with Gasteiger partial charge in [0, 0.05) is 5.41 Å². The molecule has 0 heterocycles. The minimum absolute atomic E-state index is 0.0377. The van der Waals surface area contributed by atoms with Gasteiger partial charge >= 0.3 is 5.97 Å². The summed E-state index contributed by atoms with van der Waals surface area (Å²) in [6.07, 6.45) is 10.9. The van der Waals surface area contributed by atoms with Crippen molar-refractivity contribution < 1.29 is 19.4 Å². The zero-order valence-electron chi connectivity index (χ0n) is 23.1. The molecule has 4 nitrogen and oxygen atoms in total. The Balaban J connectivity index is 1.61. The molecule has 4 aliphatic carbocycles. The van der Waals surface area contributed by atoms with E-state index >= 15 is 0 Å². The Morgan fingerprint density at radius 3 is 2.34 bits per heavy atom. The number of phenolic OH excluding ortho intramolecular Hbond substituents is 1. The molecule has 2 unspecified atom stereocenters. The third kappa shape index (κ3) is 3.01. The summed E-state index contributed by atoms with van der Waals surface area (Å²) in [7, 11) is 3.18. The number of benzene rings is 1. The smallest absolute Gasteiger partial charge is 0.311 e. The summed E-state index contributed by atoms with van der Waals surface area (Å²) in [5.74, 6) is 1.30. The molecule has 1 aromatic carbocycles. The van der Waals surface area contributed by atoms with Crippen molar-refractivity contribution >= 4 is 5.97 Å². The lowest BCUT2D eigenvalue weighted by Gasteiger charge is -2.70. The maximum absolute atomic E-state index is 12.9. The lowest BCUT2D eigenvalue weighted by Crippen LogP contribution is -2.62. The summed E-state index contributed by atoms with van der Waals surface area (Å²) in [6, 6.07) is 2.11. The Morgan fingerprint density at radius 2 is 1.69 bits per heavy atom. The second-order valence-electron chi connectivity index (χ2n) is 13.4. The van der Waals surface area contributed by atoms with Crippen LogP contribution in [-0.4, -0.2) is 25.3 Å². The first-order chi connectivity index (χ1) is 16.3. The van der Waals surface area contributed by atoms with Gasteiger partial charge < -0.3 is 14.6 Å². The van der Waals surface area contributed by atoms with Crippen LogP contribution >= 0.6 is 0 Å². The molecule has 6 atom stereocenters. The minimum atomic E-state index is -0.392. The average molecular weight is 481 g/mol. The Kier molecular flexibility index (Phi) is 5.31. The van der Waals surface area contributed by atoms with Gasteiger partial charge in [-0.25, -0.2) is 0 Å². The van der Waals surface area contributed by atoms with Crippen molar-refractivity contribution in [2.24, 2.45) is 27.6 Å². The van der Waals surface area contributed by atoms with E-state index in [9.17, 15) is 9.90 Å². The molecule has 4 aliphatic rings. The van der Waals surface area contributed by atoms with E-state index in [-0.39, 0.29) is 33.4 Å². The summed E-state index contributed by atoms with van der Waals surface area (Å²) in [5.41, 5.74) is 5.12. The Labute approximate surface area is 211 Å². The van der Waals surface area contributed by atoms with Gasteiger partial charge in [-0.3, -0.25) is 4.79 Å². The molecule has 3 fully saturated rings. The Bertz CT molecular complexity index is 1120. The highest BCUT2D eigenvalue weighted by Gasteiger charge is 2.67. The predicted molar refractivity (Wildman–Crippen MR) is 139 cm³/mol. The van der Waals surface area contributed by atoms with Gasteiger partial charge in [0.25, 0.3) is 0 Å². The molecule has 4 heteroatoms. The van der Waals surface area contributed by atoms with E-state index in [0.29, 0.717) is 11.7 Å². The topological polar surface area (TPSA) is 55.8 Å². The van der Waals surface area contributed by atoms with Crippen LogP contribution in [0.15, 0.2) is 17.7 Å².